The van der Waals surface area contributed by atoms with E-state index in [9.17, 15) is 0 Å². The van der Waals surface area contributed by atoms with Crippen LogP contribution in [0.5, 0.6) is 0 Å². The molecule has 0 fully saturated rings. The number of hydrogen-bond donors (Lipinski definition) is 0. The van der Waals surface area contributed by atoms with E-state index in [1.165, 1.54) is 55.3 Å². The third-order valence-corrected chi connectivity index (χ3v) is 7.95. The van der Waals surface area contributed by atoms with Gasteiger partial charge in [0.05, 0.1) is 11.0 Å². The Balaban J connectivity index is 1.15. The summed E-state index contributed by atoms with van der Waals surface area (Å²) in [5.74, 6) is 0. The smallest absolute Gasteiger partial charge is 0.135 e. The van der Waals surface area contributed by atoms with Crippen LogP contribution in [0.4, 0.5) is 0 Å². The van der Waals surface area contributed by atoms with Crippen molar-refractivity contribution in [1.82, 2.24) is 4.57 Å². The number of nitrogens with zero attached hydrogens (tertiary/aromatic N) is 1. The molecule has 2 heterocycles. The lowest BCUT2D eigenvalue weighted by molar-refractivity contribution is 0.669. The number of aromatic nitrogens is 1. The fraction of sp³-hybridized carbons (Fsp3) is 0.0270. The normalized spacial score (nSPS) is 11.7. The van der Waals surface area contributed by atoms with Gasteiger partial charge in [-0.1, -0.05) is 97.1 Å². The first-order valence-corrected chi connectivity index (χ1v) is 13.4. The van der Waals surface area contributed by atoms with Crippen LogP contribution in [0.25, 0.3) is 71.7 Å². The summed E-state index contributed by atoms with van der Waals surface area (Å²) in [7, 11) is 0. The van der Waals surface area contributed by atoms with E-state index in [1.54, 1.807) is 0 Å². The first kappa shape index (κ1) is 22.0. The molecule has 0 saturated heterocycles. The van der Waals surface area contributed by atoms with Crippen molar-refractivity contribution in [3.8, 4) is 27.9 Å². The second-order valence-electron chi connectivity index (χ2n) is 10.3. The maximum absolute atomic E-state index is 6.01. The van der Waals surface area contributed by atoms with Gasteiger partial charge in [-0.05, 0) is 71.1 Å². The fourth-order valence-corrected chi connectivity index (χ4v) is 6.02. The molecule has 0 aliphatic heterocycles. The molecular formula is C37H25NO. The van der Waals surface area contributed by atoms with E-state index in [2.05, 4.69) is 133 Å². The number of rotatable bonds is 3. The topological polar surface area (TPSA) is 18.1 Å². The van der Waals surface area contributed by atoms with Crippen LogP contribution in [0.15, 0.2) is 138 Å². The summed E-state index contributed by atoms with van der Waals surface area (Å²) < 4.78 is 8.40. The number of hydrogen-bond acceptors (Lipinski definition) is 1. The van der Waals surface area contributed by atoms with Crippen LogP contribution in [0.1, 0.15) is 5.56 Å². The Morgan fingerprint density at radius 2 is 1.05 bits per heavy atom. The molecule has 0 saturated carbocycles. The fourth-order valence-electron chi connectivity index (χ4n) is 6.02. The molecule has 0 radical (unpaired) electrons. The number of benzene rings is 6. The van der Waals surface area contributed by atoms with Gasteiger partial charge < -0.3 is 8.98 Å². The Morgan fingerprint density at radius 1 is 0.462 bits per heavy atom. The molecule has 184 valence electrons. The van der Waals surface area contributed by atoms with Gasteiger partial charge in [0.15, 0.2) is 0 Å². The maximum atomic E-state index is 6.01. The van der Waals surface area contributed by atoms with E-state index in [0.29, 0.717) is 0 Å². The molecule has 0 aliphatic carbocycles. The molecule has 0 amide bonds. The van der Waals surface area contributed by atoms with Crippen LogP contribution >= 0.6 is 0 Å². The average Bonchev–Trinajstić information content (AvgIpc) is 3.54. The van der Waals surface area contributed by atoms with Crippen molar-refractivity contribution in [3.05, 3.63) is 139 Å². The predicted molar refractivity (Wildman–Crippen MR) is 164 cm³/mol. The third kappa shape index (κ3) is 3.42. The quantitative estimate of drug-likeness (QED) is 0.236. The summed E-state index contributed by atoms with van der Waals surface area (Å²) in [6, 6.07) is 47.7. The minimum atomic E-state index is 0.926. The van der Waals surface area contributed by atoms with E-state index in [4.69, 9.17) is 4.42 Å². The van der Waals surface area contributed by atoms with E-state index < -0.39 is 0 Å². The highest BCUT2D eigenvalue weighted by atomic mass is 16.3. The lowest BCUT2D eigenvalue weighted by Gasteiger charge is -2.11. The minimum Gasteiger partial charge on any atom is -0.456 e. The van der Waals surface area contributed by atoms with Crippen LogP contribution < -0.4 is 0 Å². The van der Waals surface area contributed by atoms with Gasteiger partial charge in [-0.2, -0.15) is 0 Å². The highest BCUT2D eigenvalue weighted by Crippen LogP contribution is 2.35. The second kappa shape index (κ2) is 8.47. The Morgan fingerprint density at radius 3 is 1.85 bits per heavy atom. The molecule has 0 atom stereocenters. The molecule has 6 aromatic carbocycles. The van der Waals surface area contributed by atoms with Gasteiger partial charge in [0.1, 0.15) is 11.2 Å². The predicted octanol–water partition coefficient (Wildman–Crippen LogP) is 10.3. The highest BCUT2D eigenvalue weighted by Gasteiger charge is 2.14. The van der Waals surface area contributed by atoms with Crippen molar-refractivity contribution >= 4 is 43.7 Å². The van der Waals surface area contributed by atoms with E-state index in [1.807, 2.05) is 12.1 Å². The van der Waals surface area contributed by atoms with Gasteiger partial charge in [-0.15, -0.1) is 0 Å². The van der Waals surface area contributed by atoms with Crippen molar-refractivity contribution in [1.29, 1.82) is 0 Å². The van der Waals surface area contributed by atoms with Gasteiger partial charge in [-0.25, -0.2) is 0 Å². The monoisotopic (exact) mass is 499 g/mol. The maximum Gasteiger partial charge on any atom is 0.135 e. The summed E-state index contributed by atoms with van der Waals surface area (Å²) in [5, 5.41) is 4.90. The number of aryl methyl sites for hydroxylation is 1. The van der Waals surface area contributed by atoms with Gasteiger partial charge in [0.25, 0.3) is 0 Å². The molecule has 8 aromatic rings. The number of fused-ring (bicyclic) bond motifs is 6. The first-order valence-electron chi connectivity index (χ1n) is 13.4. The zero-order valence-corrected chi connectivity index (χ0v) is 21.6. The molecule has 8 rings (SSSR count). The van der Waals surface area contributed by atoms with Crippen LogP contribution in [0, 0.1) is 6.92 Å². The molecule has 0 aliphatic rings. The van der Waals surface area contributed by atoms with Crippen LogP contribution in [-0.2, 0) is 0 Å². The molecule has 0 spiro atoms. The van der Waals surface area contributed by atoms with Crippen molar-refractivity contribution in [2.45, 2.75) is 6.92 Å². The molecule has 0 bridgehead atoms. The van der Waals surface area contributed by atoms with E-state index in [0.717, 1.165) is 21.9 Å². The van der Waals surface area contributed by atoms with Crippen molar-refractivity contribution < 1.29 is 4.42 Å². The largest absolute Gasteiger partial charge is 0.456 e. The van der Waals surface area contributed by atoms with Crippen molar-refractivity contribution in [2.75, 3.05) is 0 Å². The third-order valence-electron chi connectivity index (χ3n) is 7.95. The van der Waals surface area contributed by atoms with Gasteiger partial charge >= 0.3 is 0 Å². The summed E-state index contributed by atoms with van der Waals surface area (Å²) >= 11 is 0. The van der Waals surface area contributed by atoms with E-state index >= 15 is 0 Å². The number of furan rings is 1. The molecule has 2 nitrogen and oxygen atoms in total. The Kier molecular flexibility index (Phi) is 4.77. The van der Waals surface area contributed by atoms with Crippen LogP contribution in [0.3, 0.4) is 0 Å². The van der Waals surface area contributed by atoms with Crippen molar-refractivity contribution in [2.24, 2.45) is 0 Å². The Hall–Kier alpha value is -5.08. The molecule has 39 heavy (non-hydrogen) atoms. The molecular weight excluding hydrogens is 474 g/mol. The summed E-state index contributed by atoms with van der Waals surface area (Å²) in [6.07, 6.45) is 0. The Labute approximate surface area is 226 Å². The summed E-state index contributed by atoms with van der Waals surface area (Å²) in [4.78, 5) is 0. The molecule has 2 aromatic heterocycles. The highest BCUT2D eigenvalue weighted by molar-refractivity contribution is 6.10. The lowest BCUT2D eigenvalue weighted by atomic mass is 9.99. The van der Waals surface area contributed by atoms with Crippen LogP contribution in [-0.4, -0.2) is 4.57 Å². The Bertz CT molecular complexity index is 2160. The molecule has 2 heteroatoms. The van der Waals surface area contributed by atoms with Gasteiger partial charge in [0.2, 0.25) is 0 Å². The van der Waals surface area contributed by atoms with Gasteiger partial charge in [0, 0.05) is 27.2 Å². The zero-order valence-electron chi connectivity index (χ0n) is 21.6. The minimum absolute atomic E-state index is 0.926. The molecule has 0 N–H and O–H groups in total. The van der Waals surface area contributed by atoms with Crippen LogP contribution in [0.2, 0.25) is 0 Å². The summed E-state index contributed by atoms with van der Waals surface area (Å²) in [6.45, 7) is 2.19. The standard InChI is InChI=1S/C37H25NO/c1-24-7-6-10-32-30-8-2-4-11-34(30)38(37(24)32)29-20-17-26(18-21-29)25-13-15-27(16-14-25)28-19-22-36-33(23-28)31-9-3-5-12-35(31)39-36/h2-23H,1H3. The molecule has 0 unspecified atom stereocenters. The van der Waals surface area contributed by atoms with Gasteiger partial charge in [-0.3, -0.25) is 0 Å². The number of para-hydroxylation sites is 3. The van der Waals surface area contributed by atoms with E-state index in [-0.39, 0.29) is 0 Å². The van der Waals surface area contributed by atoms with Crippen molar-refractivity contribution in [3.63, 3.8) is 0 Å². The summed E-state index contributed by atoms with van der Waals surface area (Å²) in [5.41, 5.74) is 11.6. The average molecular weight is 500 g/mol. The lowest BCUT2D eigenvalue weighted by Crippen LogP contribution is -1.95. The first-order chi connectivity index (χ1) is 19.2. The zero-order chi connectivity index (χ0) is 25.9. The second-order valence-corrected chi connectivity index (χ2v) is 10.3. The SMILES string of the molecule is Cc1cccc2c3ccccc3n(-c3ccc(-c4ccc(-c5ccc6oc7ccccc7c6c5)cc4)cc3)c12.